The summed E-state index contributed by atoms with van der Waals surface area (Å²) in [6.07, 6.45) is 0.00665. The molecule has 0 atom stereocenters. The number of carbonyl (C=O) groups is 1. The van der Waals surface area contributed by atoms with Gasteiger partial charge in [0.25, 0.3) is 0 Å². The third kappa shape index (κ3) is 2.94. The molecule has 0 fully saturated rings. The molecule has 0 saturated heterocycles. The molecule has 0 aliphatic rings. The molecule has 1 aromatic carbocycles. The van der Waals surface area contributed by atoms with Gasteiger partial charge >= 0.3 is 5.97 Å². The average molecular weight is 246 g/mol. The maximum absolute atomic E-state index is 11.3. The van der Waals surface area contributed by atoms with Gasteiger partial charge in [0.2, 0.25) is 11.8 Å². The second-order valence-corrected chi connectivity index (χ2v) is 3.85. The fourth-order valence-corrected chi connectivity index (χ4v) is 1.47. The lowest BCUT2D eigenvalue weighted by molar-refractivity contribution is -0.142. The van der Waals surface area contributed by atoms with Crippen molar-refractivity contribution in [2.75, 3.05) is 6.61 Å². The summed E-state index contributed by atoms with van der Waals surface area (Å²) >= 11 is 0. The van der Waals surface area contributed by atoms with Gasteiger partial charge in [0.15, 0.2) is 0 Å². The minimum Gasteiger partial charge on any atom is -0.466 e. The van der Waals surface area contributed by atoms with Gasteiger partial charge in [-0.2, -0.15) is 0 Å². The van der Waals surface area contributed by atoms with E-state index in [1.54, 1.807) is 6.92 Å². The largest absolute Gasteiger partial charge is 0.466 e. The van der Waals surface area contributed by atoms with Crippen molar-refractivity contribution in [1.29, 1.82) is 0 Å². The monoisotopic (exact) mass is 246 g/mol. The van der Waals surface area contributed by atoms with E-state index in [4.69, 9.17) is 9.15 Å². The van der Waals surface area contributed by atoms with E-state index in [-0.39, 0.29) is 18.3 Å². The highest BCUT2D eigenvalue weighted by atomic mass is 16.5. The predicted octanol–water partition coefficient (Wildman–Crippen LogP) is 2.15. The number of esters is 1. The van der Waals surface area contributed by atoms with Crippen LogP contribution in [0.15, 0.2) is 28.7 Å². The van der Waals surface area contributed by atoms with Crippen LogP contribution in [-0.4, -0.2) is 22.8 Å². The zero-order valence-corrected chi connectivity index (χ0v) is 10.3. The topological polar surface area (TPSA) is 65.2 Å². The Balaban J connectivity index is 2.10. The highest BCUT2D eigenvalue weighted by Gasteiger charge is 2.12. The molecule has 5 nitrogen and oxygen atoms in total. The molecular formula is C13H14N2O3. The highest BCUT2D eigenvalue weighted by molar-refractivity contribution is 5.71. The first kappa shape index (κ1) is 12.3. The molecule has 0 amide bonds. The van der Waals surface area contributed by atoms with Crippen molar-refractivity contribution in [2.24, 2.45) is 0 Å². The number of ether oxygens (including phenoxy) is 1. The number of rotatable bonds is 4. The van der Waals surface area contributed by atoms with Crippen LogP contribution in [0.1, 0.15) is 18.4 Å². The maximum Gasteiger partial charge on any atom is 0.315 e. The van der Waals surface area contributed by atoms with Gasteiger partial charge in [-0.25, -0.2) is 0 Å². The van der Waals surface area contributed by atoms with E-state index >= 15 is 0 Å². The number of hydrogen-bond acceptors (Lipinski definition) is 5. The van der Waals surface area contributed by atoms with E-state index in [2.05, 4.69) is 10.2 Å². The number of nitrogens with zero attached hydrogens (tertiary/aromatic N) is 2. The van der Waals surface area contributed by atoms with Gasteiger partial charge < -0.3 is 9.15 Å². The summed E-state index contributed by atoms with van der Waals surface area (Å²) < 4.78 is 10.2. The van der Waals surface area contributed by atoms with Crippen LogP contribution in [-0.2, 0) is 16.0 Å². The summed E-state index contributed by atoms with van der Waals surface area (Å²) in [5.74, 6) is 0.315. The fourth-order valence-electron chi connectivity index (χ4n) is 1.47. The SMILES string of the molecule is CCOC(=O)Cc1nnc(-c2ccc(C)cc2)o1. The molecule has 0 aliphatic carbocycles. The lowest BCUT2D eigenvalue weighted by Gasteiger charge is -1.97. The van der Waals surface area contributed by atoms with Crippen LogP contribution in [0.3, 0.4) is 0 Å². The Morgan fingerprint density at radius 2 is 2.00 bits per heavy atom. The van der Waals surface area contributed by atoms with Crippen molar-refractivity contribution < 1.29 is 13.9 Å². The van der Waals surface area contributed by atoms with Crippen molar-refractivity contribution in [3.05, 3.63) is 35.7 Å². The second kappa shape index (κ2) is 5.44. The fraction of sp³-hybridized carbons (Fsp3) is 0.308. The number of aryl methyl sites for hydroxylation is 1. The van der Waals surface area contributed by atoms with Crippen molar-refractivity contribution in [1.82, 2.24) is 10.2 Å². The van der Waals surface area contributed by atoms with Gasteiger partial charge in [-0.05, 0) is 26.0 Å². The summed E-state index contributed by atoms with van der Waals surface area (Å²) in [4.78, 5) is 11.3. The first-order valence-corrected chi connectivity index (χ1v) is 5.74. The molecule has 0 N–H and O–H groups in total. The molecule has 0 aliphatic heterocycles. The molecule has 94 valence electrons. The molecule has 1 heterocycles. The van der Waals surface area contributed by atoms with E-state index in [1.807, 2.05) is 31.2 Å². The minimum absolute atomic E-state index is 0.00665. The summed E-state index contributed by atoms with van der Waals surface area (Å²) in [5, 5.41) is 7.72. The van der Waals surface area contributed by atoms with Crippen LogP contribution < -0.4 is 0 Å². The number of hydrogen-bond donors (Lipinski definition) is 0. The van der Waals surface area contributed by atoms with Gasteiger partial charge in [0, 0.05) is 5.56 Å². The Labute approximate surface area is 105 Å². The molecule has 0 saturated carbocycles. The zero-order chi connectivity index (χ0) is 13.0. The number of carbonyl (C=O) groups excluding carboxylic acids is 1. The molecule has 0 unspecified atom stereocenters. The van der Waals surface area contributed by atoms with Crippen LogP contribution in [0, 0.1) is 6.92 Å². The van der Waals surface area contributed by atoms with Crippen molar-refractivity contribution in [3.8, 4) is 11.5 Å². The Morgan fingerprint density at radius 3 is 2.67 bits per heavy atom. The molecule has 0 bridgehead atoms. The molecule has 5 heteroatoms. The number of aromatic nitrogens is 2. The third-order valence-corrected chi connectivity index (χ3v) is 2.37. The molecular weight excluding hydrogens is 232 g/mol. The summed E-state index contributed by atoms with van der Waals surface area (Å²) in [6, 6.07) is 7.73. The van der Waals surface area contributed by atoms with Gasteiger partial charge in [-0.3, -0.25) is 4.79 Å². The average Bonchev–Trinajstić information content (AvgIpc) is 2.78. The van der Waals surface area contributed by atoms with Gasteiger partial charge in [0.05, 0.1) is 6.61 Å². The van der Waals surface area contributed by atoms with Crippen molar-refractivity contribution in [3.63, 3.8) is 0 Å². The van der Waals surface area contributed by atoms with Crippen LogP contribution in [0.5, 0.6) is 0 Å². The molecule has 1 aromatic heterocycles. The van der Waals surface area contributed by atoms with E-state index in [1.165, 1.54) is 0 Å². The molecule has 0 spiro atoms. The van der Waals surface area contributed by atoms with Gasteiger partial charge in [-0.15, -0.1) is 10.2 Å². The van der Waals surface area contributed by atoms with Crippen LogP contribution in [0.25, 0.3) is 11.5 Å². The Bertz CT molecular complexity index is 531. The predicted molar refractivity (Wildman–Crippen MR) is 64.8 cm³/mol. The van der Waals surface area contributed by atoms with Crippen LogP contribution in [0.2, 0.25) is 0 Å². The van der Waals surface area contributed by atoms with E-state index in [0.29, 0.717) is 12.5 Å². The van der Waals surface area contributed by atoms with Crippen molar-refractivity contribution >= 4 is 5.97 Å². The Morgan fingerprint density at radius 1 is 1.28 bits per heavy atom. The first-order valence-electron chi connectivity index (χ1n) is 5.74. The lowest BCUT2D eigenvalue weighted by atomic mass is 10.1. The zero-order valence-electron chi connectivity index (χ0n) is 10.3. The summed E-state index contributed by atoms with van der Waals surface area (Å²) in [7, 11) is 0. The summed E-state index contributed by atoms with van der Waals surface area (Å²) in [5.41, 5.74) is 1.99. The molecule has 18 heavy (non-hydrogen) atoms. The van der Waals surface area contributed by atoms with E-state index < -0.39 is 0 Å². The molecule has 2 aromatic rings. The summed E-state index contributed by atoms with van der Waals surface area (Å²) in [6.45, 7) is 4.10. The highest BCUT2D eigenvalue weighted by Crippen LogP contribution is 2.18. The Hall–Kier alpha value is -2.17. The lowest BCUT2D eigenvalue weighted by Crippen LogP contribution is -2.07. The standard InChI is InChI=1S/C13H14N2O3/c1-3-17-12(16)8-11-14-15-13(18-11)10-6-4-9(2)5-7-10/h4-7H,3,8H2,1-2H3. The normalized spacial score (nSPS) is 10.3. The van der Waals surface area contributed by atoms with Gasteiger partial charge in [0.1, 0.15) is 6.42 Å². The van der Waals surface area contributed by atoms with Crippen molar-refractivity contribution in [2.45, 2.75) is 20.3 Å². The molecule has 0 radical (unpaired) electrons. The van der Waals surface area contributed by atoms with E-state index in [0.717, 1.165) is 11.1 Å². The van der Waals surface area contributed by atoms with Crippen LogP contribution in [0.4, 0.5) is 0 Å². The third-order valence-electron chi connectivity index (χ3n) is 2.37. The maximum atomic E-state index is 11.3. The first-order chi connectivity index (χ1) is 8.69. The Kier molecular flexibility index (Phi) is 3.72. The molecule has 2 rings (SSSR count). The van der Waals surface area contributed by atoms with Crippen LogP contribution >= 0.6 is 0 Å². The number of benzene rings is 1. The second-order valence-electron chi connectivity index (χ2n) is 3.85. The van der Waals surface area contributed by atoms with E-state index in [9.17, 15) is 4.79 Å². The quantitative estimate of drug-likeness (QED) is 0.773. The van der Waals surface area contributed by atoms with Gasteiger partial charge in [-0.1, -0.05) is 17.7 Å². The minimum atomic E-state index is -0.364. The smallest absolute Gasteiger partial charge is 0.315 e.